The summed E-state index contributed by atoms with van der Waals surface area (Å²) in [6.45, 7) is 7.62. The van der Waals surface area contributed by atoms with Gasteiger partial charge in [0, 0.05) is 37.2 Å². The molecule has 2 aliphatic rings. The van der Waals surface area contributed by atoms with Crippen molar-refractivity contribution in [3.05, 3.63) is 65.3 Å². The Kier molecular flexibility index (Phi) is 7.06. The maximum absolute atomic E-state index is 13.3. The van der Waals surface area contributed by atoms with E-state index in [-0.39, 0.29) is 29.7 Å². The first-order valence-corrected chi connectivity index (χ1v) is 11.7. The first kappa shape index (κ1) is 23.0. The van der Waals surface area contributed by atoms with Gasteiger partial charge in [0.25, 0.3) is 11.8 Å². The normalized spacial score (nSPS) is 22.2. The Hall–Kier alpha value is -3.22. The number of fused-ring (bicyclic) bond motifs is 2. The molecule has 0 aliphatic carbocycles. The highest BCUT2D eigenvalue weighted by molar-refractivity contribution is 5.97. The lowest BCUT2D eigenvalue weighted by Gasteiger charge is -2.39. The van der Waals surface area contributed by atoms with Gasteiger partial charge in [-0.05, 0) is 38.3 Å². The Labute approximate surface area is 195 Å². The molecule has 33 heavy (non-hydrogen) atoms. The number of benzene rings is 1. The number of hydrogen-bond donors (Lipinski definition) is 1. The van der Waals surface area contributed by atoms with Crippen LogP contribution in [0, 0.1) is 12.8 Å². The molecular formula is C26H32N4O3. The fourth-order valence-electron chi connectivity index (χ4n) is 4.44. The van der Waals surface area contributed by atoms with Gasteiger partial charge in [-0.15, -0.1) is 0 Å². The van der Waals surface area contributed by atoms with E-state index in [1.54, 1.807) is 12.3 Å². The molecule has 0 bridgehead atoms. The minimum atomic E-state index is -0.126. The highest BCUT2D eigenvalue weighted by Gasteiger charge is 2.33. The summed E-state index contributed by atoms with van der Waals surface area (Å²) in [5, 5.41) is 3.21. The van der Waals surface area contributed by atoms with Crippen molar-refractivity contribution in [2.75, 3.05) is 19.7 Å². The quantitative estimate of drug-likeness (QED) is 0.705. The third-order valence-corrected chi connectivity index (χ3v) is 6.36. The van der Waals surface area contributed by atoms with Gasteiger partial charge in [0.05, 0.1) is 23.4 Å². The third kappa shape index (κ3) is 5.24. The highest BCUT2D eigenvalue weighted by Crippen LogP contribution is 2.26. The van der Waals surface area contributed by atoms with E-state index >= 15 is 0 Å². The maximum atomic E-state index is 13.3. The molecule has 2 aliphatic heterocycles. The number of nitrogens with one attached hydrogen (secondary N) is 1. The minimum absolute atomic E-state index is 0.0145. The number of nitrogens with zero attached hydrogens (tertiary/aromatic N) is 3. The SMILES string of the molecule is Cc1nc(C(C)C)ncc1C(=O)N1CC[C@H]2NC(=O)c3ccccc3OCC/C=C/C[C@H]2C1. The number of rotatable bonds is 2. The number of carbonyl (C=O) groups is 2. The molecule has 4 rings (SSSR count). The van der Waals surface area contributed by atoms with Crippen LogP contribution in [0.25, 0.3) is 0 Å². The van der Waals surface area contributed by atoms with E-state index in [1.165, 1.54) is 0 Å². The summed E-state index contributed by atoms with van der Waals surface area (Å²) in [4.78, 5) is 37.2. The Bertz CT molecular complexity index is 1050. The van der Waals surface area contributed by atoms with Crippen molar-refractivity contribution in [3.63, 3.8) is 0 Å². The second kappa shape index (κ2) is 10.1. The molecule has 0 radical (unpaired) electrons. The molecule has 2 atom stereocenters. The van der Waals surface area contributed by atoms with Crippen molar-refractivity contribution in [1.82, 2.24) is 20.2 Å². The first-order valence-electron chi connectivity index (χ1n) is 11.7. The molecule has 1 N–H and O–H groups in total. The van der Waals surface area contributed by atoms with Crippen LogP contribution in [0.15, 0.2) is 42.6 Å². The van der Waals surface area contributed by atoms with Crippen LogP contribution in [-0.2, 0) is 0 Å². The summed E-state index contributed by atoms with van der Waals surface area (Å²) in [5.41, 5.74) is 1.82. The van der Waals surface area contributed by atoms with Gasteiger partial charge in [0.1, 0.15) is 11.6 Å². The average Bonchev–Trinajstić information content (AvgIpc) is 2.81. The number of ether oxygens (including phenoxy) is 1. The zero-order valence-electron chi connectivity index (χ0n) is 19.6. The molecule has 7 heteroatoms. The monoisotopic (exact) mass is 448 g/mol. The predicted molar refractivity (Wildman–Crippen MR) is 126 cm³/mol. The van der Waals surface area contributed by atoms with Crippen molar-refractivity contribution in [2.45, 2.75) is 52.0 Å². The van der Waals surface area contributed by atoms with E-state index in [2.05, 4.69) is 27.4 Å². The van der Waals surface area contributed by atoms with Crippen molar-refractivity contribution < 1.29 is 14.3 Å². The molecule has 1 fully saturated rings. The van der Waals surface area contributed by atoms with E-state index < -0.39 is 0 Å². The number of likely N-dealkylation sites (tertiary alicyclic amines) is 1. The number of aryl methyl sites for hydroxylation is 1. The standard InChI is InChI=1S/C26H32N4O3/c1-17(2)24-27-15-21(18(3)28-24)26(32)30-13-12-22-19(16-30)9-5-4-8-14-33-23-11-7-6-10-20(23)25(31)29-22/h4-7,10-11,15,17,19,22H,8-9,12-14,16H2,1-3H3,(H,29,31)/b5-4+/t19-,22+/m0/s1. The number of hydrogen-bond acceptors (Lipinski definition) is 5. The van der Waals surface area contributed by atoms with E-state index in [0.717, 1.165) is 18.7 Å². The summed E-state index contributed by atoms with van der Waals surface area (Å²) in [6, 6.07) is 7.34. The molecule has 2 amide bonds. The summed E-state index contributed by atoms with van der Waals surface area (Å²) >= 11 is 0. The molecule has 7 nitrogen and oxygen atoms in total. The molecule has 1 saturated heterocycles. The summed E-state index contributed by atoms with van der Waals surface area (Å²) < 4.78 is 5.82. The third-order valence-electron chi connectivity index (χ3n) is 6.36. The summed E-state index contributed by atoms with van der Waals surface area (Å²) in [5.74, 6) is 1.53. The lowest BCUT2D eigenvalue weighted by molar-refractivity contribution is 0.0617. The summed E-state index contributed by atoms with van der Waals surface area (Å²) in [7, 11) is 0. The zero-order valence-corrected chi connectivity index (χ0v) is 19.6. The van der Waals surface area contributed by atoms with E-state index in [1.807, 2.05) is 43.9 Å². The Morgan fingerprint density at radius 1 is 1.24 bits per heavy atom. The molecule has 174 valence electrons. The van der Waals surface area contributed by atoms with Gasteiger partial charge in [-0.1, -0.05) is 38.1 Å². The van der Waals surface area contributed by atoms with Crippen molar-refractivity contribution in [3.8, 4) is 5.75 Å². The van der Waals surface area contributed by atoms with Crippen LogP contribution in [0.4, 0.5) is 0 Å². The fraction of sp³-hybridized carbons (Fsp3) is 0.462. The maximum Gasteiger partial charge on any atom is 0.257 e. The molecule has 1 aromatic heterocycles. The molecule has 0 saturated carbocycles. The number of carbonyl (C=O) groups excluding carboxylic acids is 2. The van der Waals surface area contributed by atoms with Crippen LogP contribution in [0.1, 0.15) is 71.3 Å². The first-order chi connectivity index (χ1) is 15.9. The van der Waals surface area contributed by atoms with Gasteiger partial charge in [0.15, 0.2) is 0 Å². The number of aromatic nitrogens is 2. The zero-order chi connectivity index (χ0) is 23.4. The van der Waals surface area contributed by atoms with E-state index in [0.29, 0.717) is 48.7 Å². The van der Waals surface area contributed by atoms with Gasteiger partial charge in [0.2, 0.25) is 0 Å². The predicted octanol–water partition coefficient (Wildman–Crippen LogP) is 3.90. The number of para-hydroxylation sites is 1. The second-order valence-corrected chi connectivity index (χ2v) is 9.10. The van der Waals surface area contributed by atoms with Crippen LogP contribution in [0.5, 0.6) is 5.75 Å². The van der Waals surface area contributed by atoms with Gasteiger partial charge >= 0.3 is 0 Å². The lowest BCUT2D eigenvalue weighted by Crippen LogP contribution is -2.52. The van der Waals surface area contributed by atoms with Crippen molar-refractivity contribution in [1.29, 1.82) is 0 Å². The minimum Gasteiger partial charge on any atom is -0.492 e. The van der Waals surface area contributed by atoms with Crippen molar-refractivity contribution >= 4 is 11.8 Å². The van der Waals surface area contributed by atoms with Crippen LogP contribution >= 0.6 is 0 Å². The number of piperidine rings is 1. The van der Waals surface area contributed by atoms with E-state index in [4.69, 9.17) is 4.74 Å². The van der Waals surface area contributed by atoms with E-state index in [9.17, 15) is 9.59 Å². The molecular weight excluding hydrogens is 416 g/mol. The molecule has 1 aromatic carbocycles. The Morgan fingerprint density at radius 2 is 2.06 bits per heavy atom. The molecule has 3 heterocycles. The van der Waals surface area contributed by atoms with Gasteiger partial charge in [-0.2, -0.15) is 0 Å². The lowest BCUT2D eigenvalue weighted by atomic mass is 9.88. The fourth-order valence-corrected chi connectivity index (χ4v) is 4.44. The molecule has 0 unspecified atom stereocenters. The second-order valence-electron chi connectivity index (χ2n) is 9.10. The summed E-state index contributed by atoms with van der Waals surface area (Å²) in [6.07, 6.45) is 8.18. The van der Waals surface area contributed by atoms with Crippen LogP contribution < -0.4 is 10.1 Å². The molecule has 0 spiro atoms. The topological polar surface area (TPSA) is 84.4 Å². The number of amides is 2. The average molecular weight is 449 g/mol. The number of allylic oxidation sites excluding steroid dienone is 1. The van der Waals surface area contributed by atoms with Crippen LogP contribution in [-0.4, -0.2) is 52.4 Å². The smallest absolute Gasteiger partial charge is 0.257 e. The van der Waals surface area contributed by atoms with Gasteiger partial charge in [-0.3, -0.25) is 9.59 Å². The van der Waals surface area contributed by atoms with Gasteiger partial charge < -0.3 is 15.0 Å². The van der Waals surface area contributed by atoms with Gasteiger partial charge in [-0.25, -0.2) is 9.97 Å². The van der Waals surface area contributed by atoms with Crippen molar-refractivity contribution in [2.24, 2.45) is 5.92 Å². The van der Waals surface area contributed by atoms with Crippen LogP contribution in [0.3, 0.4) is 0 Å². The largest absolute Gasteiger partial charge is 0.492 e. The van der Waals surface area contributed by atoms with Crippen LogP contribution in [0.2, 0.25) is 0 Å². The molecule has 2 aromatic rings. The Balaban J connectivity index is 1.52. The highest BCUT2D eigenvalue weighted by atomic mass is 16.5. The Morgan fingerprint density at radius 3 is 2.85 bits per heavy atom.